The summed E-state index contributed by atoms with van der Waals surface area (Å²) in [6.07, 6.45) is 3.17. The maximum absolute atomic E-state index is 14.4. The molecule has 0 N–H and O–H groups in total. The second kappa shape index (κ2) is 9.04. The minimum atomic E-state index is -0.590. The summed E-state index contributed by atoms with van der Waals surface area (Å²) < 4.78 is 17.9. The molecule has 2 fully saturated rings. The van der Waals surface area contributed by atoms with Crippen LogP contribution >= 0.6 is 0 Å². The van der Waals surface area contributed by atoms with Gasteiger partial charge in [-0.05, 0) is 64.6 Å². The van der Waals surface area contributed by atoms with Crippen LogP contribution in [-0.4, -0.2) is 26.3 Å². The van der Waals surface area contributed by atoms with Crippen molar-refractivity contribution < 1.29 is 19.0 Å². The van der Waals surface area contributed by atoms with E-state index in [-0.39, 0.29) is 22.9 Å². The van der Waals surface area contributed by atoms with Gasteiger partial charge < -0.3 is 14.2 Å². The molecule has 4 heteroatoms. The van der Waals surface area contributed by atoms with Gasteiger partial charge in [-0.25, -0.2) is 0 Å². The molecule has 4 aromatic rings. The van der Waals surface area contributed by atoms with Crippen molar-refractivity contribution in [1.82, 2.24) is 0 Å². The number of esters is 1. The number of methoxy groups -OCH3 is 2. The van der Waals surface area contributed by atoms with Crippen LogP contribution in [0.4, 0.5) is 0 Å². The zero-order valence-corrected chi connectivity index (χ0v) is 22.9. The van der Waals surface area contributed by atoms with E-state index in [1.165, 1.54) is 6.42 Å². The van der Waals surface area contributed by atoms with Gasteiger partial charge in [0.2, 0.25) is 0 Å². The van der Waals surface area contributed by atoms with Gasteiger partial charge in [-0.1, -0.05) is 81.4 Å². The first kappa shape index (κ1) is 24.8. The standard InChI is InChI=1S/C34H36O4/c1-33(2)21-18-19-34(33,3)30(20-21)38-32(35)31(26-14-16-28(36-4)24-12-8-6-10-22(24)26)27-15-17-29(37-5)25-13-9-7-11-23(25)27/h6-17,21,30-31H,18-20H2,1-5H3/t21-,30+,34?/m0/s1. The Morgan fingerprint density at radius 1 is 0.763 bits per heavy atom. The highest BCUT2D eigenvalue weighted by Crippen LogP contribution is 2.66. The summed E-state index contributed by atoms with van der Waals surface area (Å²) in [6.45, 7) is 7.02. The number of rotatable bonds is 6. The largest absolute Gasteiger partial charge is 0.496 e. The Bertz CT molecular complexity index is 1450. The Hall–Kier alpha value is -3.53. The van der Waals surface area contributed by atoms with Gasteiger partial charge in [0, 0.05) is 16.2 Å². The molecule has 4 nitrogen and oxygen atoms in total. The lowest BCUT2D eigenvalue weighted by atomic mass is 9.70. The Morgan fingerprint density at radius 3 is 1.68 bits per heavy atom. The zero-order valence-electron chi connectivity index (χ0n) is 22.9. The molecule has 0 aromatic heterocycles. The number of fused-ring (bicyclic) bond motifs is 4. The van der Waals surface area contributed by atoms with E-state index in [0.29, 0.717) is 5.92 Å². The van der Waals surface area contributed by atoms with E-state index in [4.69, 9.17) is 14.2 Å². The normalized spacial score (nSPS) is 23.7. The molecule has 0 heterocycles. The maximum atomic E-state index is 14.4. The molecule has 2 aliphatic carbocycles. The molecule has 3 atom stereocenters. The molecule has 0 spiro atoms. The molecule has 0 amide bonds. The molecular formula is C34H36O4. The molecule has 2 bridgehead atoms. The number of benzene rings is 4. The van der Waals surface area contributed by atoms with Crippen molar-refractivity contribution in [3.05, 3.63) is 83.9 Å². The Labute approximate surface area is 224 Å². The lowest BCUT2D eigenvalue weighted by Crippen LogP contribution is -2.39. The van der Waals surface area contributed by atoms with Gasteiger partial charge >= 0.3 is 5.97 Å². The van der Waals surface area contributed by atoms with Gasteiger partial charge in [-0.3, -0.25) is 4.79 Å². The SMILES string of the molecule is COc1ccc(C(C(=O)O[C@@H]2C[C@@H]3CCC2(C)C3(C)C)c2ccc(OC)c3ccccc23)c2ccccc12. The van der Waals surface area contributed by atoms with E-state index in [1.807, 2.05) is 60.7 Å². The van der Waals surface area contributed by atoms with Crippen molar-refractivity contribution in [2.24, 2.45) is 16.7 Å². The van der Waals surface area contributed by atoms with Crippen molar-refractivity contribution >= 4 is 27.5 Å². The van der Waals surface area contributed by atoms with E-state index in [9.17, 15) is 4.79 Å². The number of carbonyl (C=O) groups is 1. The third kappa shape index (κ3) is 3.53. The first-order valence-electron chi connectivity index (χ1n) is 13.6. The summed E-state index contributed by atoms with van der Waals surface area (Å²) in [5, 5.41) is 3.95. The molecule has 0 radical (unpaired) electrons. The number of carbonyl (C=O) groups excluding carboxylic acids is 1. The van der Waals surface area contributed by atoms with E-state index >= 15 is 0 Å². The van der Waals surface area contributed by atoms with Crippen LogP contribution in [0.1, 0.15) is 57.1 Å². The predicted molar refractivity (Wildman–Crippen MR) is 152 cm³/mol. The summed E-state index contributed by atoms with van der Waals surface area (Å²) in [6, 6.07) is 24.2. The third-order valence-electron chi connectivity index (χ3n) is 10.1. The van der Waals surface area contributed by atoms with E-state index in [2.05, 4.69) is 32.9 Å². The van der Waals surface area contributed by atoms with Crippen LogP contribution in [0.3, 0.4) is 0 Å². The number of hydrogen-bond donors (Lipinski definition) is 0. The quantitative estimate of drug-likeness (QED) is 0.248. The topological polar surface area (TPSA) is 44.8 Å². The Balaban J connectivity index is 1.53. The average Bonchev–Trinajstić information content (AvgIpc) is 3.27. The molecule has 38 heavy (non-hydrogen) atoms. The second-order valence-electron chi connectivity index (χ2n) is 11.8. The molecule has 0 aliphatic heterocycles. The minimum absolute atomic E-state index is 0.0121. The second-order valence-corrected chi connectivity index (χ2v) is 11.8. The van der Waals surface area contributed by atoms with E-state index in [1.54, 1.807) is 14.2 Å². The lowest BCUT2D eigenvalue weighted by Gasteiger charge is -2.39. The van der Waals surface area contributed by atoms with Crippen molar-refractivity contribution in [2.75, 3.05) is 14.2 Å². The van der Waals surface area contributed by atoms with Gasteiger partial charge in [0.15, 0.2) is 0 Å². The highest BCUT2D eigenvalue weighted by Gasteiger charge is 2.63. The van der Waals surface area contributed by atoms with Gasteiger partial charge in [0.25, 0.3) is 0 Å². The third-order valence-corrected chi connectivity index (χ3v) is 10.1. The van der Waals surface area contributed by atoms with Crippen LogP contribution in [-0.2, 0) is 9.53 Å². The van der Waals surface area contributed by atoms with E-state index in [0.717, 1.165) is 57.0 Å². The maximum Gasteiger partial charge on any atom is 0.318 e. The van der Waals surface area contributed by atoms with Crippen LogP contribution in [0.2, 0.25) is 0 Å². The summed E-state index contributed by atoms with van der Waals surface area (Å²) in [5.74, 6) is 1.39. The zero-order chi connectivity index (χ0) is 26.7. The van der Waals surface area contributed by atoms with Crippen molar-refractivity contribution in [2.45, 2.75) is 52.1 Å². The number of hydrogen-bond acceptors (Lipinski definition) is 4. The first-order valence-corrected chi connectivity index (χ1v) is 13.6. The van der Waals surface area contributed by atoms with Gasteiger partial charge in [-0.15, -0.1) is 0 Å². The molecule has 0 saturated heterocycles. The van der Waals surface area contributed by atoms with Gasteiger partial charge in [0.1, 0.15) is 23.5 Å². The molecule has 1 unspecified atom stereocenters. The highest BCUT2D eigenvalue weighted by molar-refractivity contribution is 6.00. The van der Waals surface area contributed by atoms with Crippen molar-refractivity contribution in [3.8, 4) is 11.5 Å². The van der Waals surface area contributed by atoms with Gasteiger partial charge in [0.05, 0.1) is 14.2 Å². The summed E-state index contributed by atoms with van der Waals surface area (Å²) in [7, 11) is 3.36. The first-order chi connectivity index (χ1) is 18.3. The Morgan fingerprint density at radius 2 is 1.26 bits per heavy atom. The minimum Gasteiger partial charge on any atom is -0.496 e. The van der Waals surface area contributed by atoms with Crippen LogP contribution in [0.5, 0.6) is 11.5 Å². The van der Waals surface area contributed by atoms with Crippen molar-refractivity contribution in [1.29, 1.82) is 0 Å². The fourth-order valence-electron chi connectivity index (χ4n) is 7.39. The lowest BCUT2D eigenvalue weighted by molar-refractivity contribution is -0.157. The molecule has 2 saturated carbocycles. The fourth-order valence-corrected chi connectivity index (χ4v) is 7.39. The van der Waals surface area contributed by atoms with Crippen LogP contribution in [0.25, 0.3) is 21.5 Å². The van der Waals surface area contributed by atoms with Crippen molar-refractivity contribution in [3.63, 3.8) is 0 Å². The summed E-state index contributed by atoms with van der Waals surface area (Å²) in [5.41, 5.74) is 2.00. The molecule has 196 valence electrons. The summed E-state index contributed by atoms with van der Waals surface area (Å²) in [4.78, 5) is 14.4. The average molecular weight is 509 g/mol. The van der Waals surface area contributed by atoms with Crippen LogP contribution in [0, 0.1) is 16.7 Å². The predicted octanol–water partition coefficient (Wildman–Crippen LogP) is 7.90. The summed E-state index contributed by atoms with van der Waals surface area (Å²) >= 11 is 0. The van der Waals surface area contributed by atoms with E-state index < -0.39 is 5.92 Å². The highest BCUT2D eigenvalue weighted by atomic mass is 16.5. The molecule has 4 aromatic carbocycles. The smallest absolute Gasteiger partial charge is 0.318 e. The monoisotopic (exact) mass is 508 g/mol. The molecule has 6 rings (SSSR count). The molecular weight excluding hydrogens is 472 g/mol. The van der Waals surface area contributed by atoms with Crippen LogP contribution in [0.15, 0.2) is 72.8 Å². The molecule has 2 aliphatic rings. The van der Waals surface area contributed by atoms with Gasteiger partial charge in [-0.2, -0.15) is 0 Å². The number of ether oxygens (including phenoxy) is 3. The fraction of sp³-hybridized carbons (Fsp3) is 0.382. The van der Waals surface area contributed by atoms with Crippen LogP contribution < -0.4 is 9.47 Å². The Kier molecular flexibility index (Phi) is 5.90.